The molecule has 0 aromatic carbocycles. The Morgan fingerprint density at radius 2 is 2.39 bits per heavy atom. The molecule has 1 saturated carbocycles. The maximum absolute atomic E-state index is 11.8. The molecule has 0 amide bonds. The lowest BCUT2D eigenvalue weighted by Crippen LogP contribution is -2.55. The molecule has 3 rings (SSSR count). The van der Waals surface area contributed by atoms with Crippen molar-refractivity contribution in [2.75, 3.05) is 13.7 Å². The minimum atomic E-state index is -0.699. The van der Waals surface area contributed by atoms with Crippen LogP contribution in [-0.2, 0) is 14.3 Å². The Labute approximate surface area is 105 Å². The maximum atomic E-state index is 11.8. The number of ether oxygens (including phenoxy) is 1. The molecule has 18 heavy (non-hydrogen) atoms. The molecule has 2 heterocycles. The number of carbonyl (C=O) groups is 2. The van der Waals surface area contributed by atoms with Gasteiger partial charge in [0.05, 0.1) is 30.2 Å². The van der Waals surface area contributed by atoms with E-state index in [1.165, 1.54) is 7.11 Å². The van der Waals surface area contributed by atoms with Crippen molar-refractivity contribution in [3.63, 3.8) is 0 Å². The monoisotopic (exact) mass is 251 g/mol. The Kier molecular flexibility index (Phi) is 2.48. The van der Waals surface area contributed by atoms with Crippen molar-refractivity contribution in [1.82, 2.24) is 4.90 Å². The van der Waals surface area contributed by atoms with Crippen LogP contribution in [0.5, 0.6) is 0 Å². The predicted octanol–water partition coefficient (Wildman–Crippen LogP) is 0.0874. The van der Waals surface area contributed by atoms with Crippen molar-refractivity contribution in [2.24, 2.45) is 11.3 Å². The number of carbonyl (C=O) groups excluding carboxylic acids is 2. The highest BCUT2D eigenvalue weighted by atomic mass is 16.5. The first-order valence-electron chi connectivity index (χ1n) is 6.34. The van der Waals surface area contributed by atoms with Gasteiger partial charge in [-0.15, -0.1) is 0 Å². The number of piperidine rings is 1. The fraction of sp³-hybridized carbons (Fsp3) is 0.692. The van der Waals surface area contributed by atoms with Gasteiger partial charge in [0.15, 0.2) is 0 Å². The molecule has 5 heteroatoms. The fourth-order valence-electron chi connectivity index (χ4n) is 3.94. The molecule has 2 fully saturated rings. The van der Waals surface area contributed by atoms with Crippen LogP contribution in [0.1, 0.15) is 19.3 Å². The average Bonchev–Trinajstić information content (AvgIpc) is 2.95. The second-order valence-electron chi connectivity index (χ2n) is 5.44. The summed E-state index contributed by atoms with van der Waals surface area (Å²) in [5.41, 5.74) is -0.0461. The first kappa shape index (κ1) is 11.7. The van der Waals surface area contributed by atoms with Crippen molar-refractivity contribution in [3.8, 4) is 0 Å². The van der Waals surface area contributed by atoms with E-state index in [1.807, 2.05) is 11.1 Å². The summed E-state index contributed by atoms with van der Waals surface area (Å²) in [6.45, 7) is 0.693. The van der Waals surface area contributed by atoms with E-state index in [1.54, 1.807) is 0 Å². The number of methoxy groups -OCH3 is 1. The highest BCUT2D eigenvalue weighted by Crippen LogP contribution is 2.54. The maximum Gasteiger partial charge on any atom is 0.335 e. The van der Waals surface area contributed by atoms with Gasteiger partial charge < -0.3 is 19.5 Å². The SMILES string of the molecule is COC(=O)C1=CN2CC[C@@H](O)[C@]3(C=O)CC[C@H]1[C@H]23. The third-order valence-corrected chi connectivity index (χ3v) is 4.80. The van der Waals surface area contributed by atoms with Crippen molar-refractivity contribution < 1.29 is 19.4 Å². The predicted molar refractivity (Wildman–Crippen MR) is 62.4 cm³/mol. The molecule has 1 aliphatic carbocycles. The van der Waals surface area contributed by atoms with Gasteiger partial charge in [-0.25, -0.2) is 4.79 Å². The van der Waals surface area contributed by atoms with Gasteiger partial charge in [-0.05, 0) is 19.3 Å². The van der Waals surface area contributed by atoms with E-state index >= 15 is 0 Å². The van der Waals surface area contributed by atoms with Crippen LogP contribution >= 0.6 is 0 Å². The molecule has 1 N–H and O–H groups in total. The highest BCUT2D eigenvalue weighted by Gasteiger charge is 2.60. The first-order chi connectivity index (χ1) is 8.64. The molecule has 2 aliphatic heterocycles. The number of aldehydes is 1. The molecular formula is C13H17NO4. The van der Waals surface area contributed by atoms with E-state index in [4.69, 9.17) is 4.74 Å². The van der Waals surface area contributed by atoms with Crippen molar-refractivity contribution in [3.05, 3.63) is 11.8 Å². The van der Waals surface area contributed by atoms with Gasteiger partial charge in [0.25, 0.3) is 0 Å². The van der Waals surface area contributed by atoms with Crippen molar-refractivity contribution in [2.45, 2.75) is 31.4 Å². The Morgan fingerprint density at radius 1 is 1.61 bits per heavy atom. The molecule has 0 radical (unpaired) electrons. The molecule has 0 aromatic heterocycles. The van der Waals surface area contributed by atoms with Gasteiger partial charge in [0, 0.05) is 18.7 Å². The highest BCUT2D eigenvalue weighted by molar-refractivity contribution is 5.90. The van der Waals surface area contributed by atoms with Gasteiger partial charge in [-0.2, -0.15) is 0 Å². The van der Waals surface area contributed by atoms with Crippen molar-refractivity contribution in [1.29, 1.82) is 0 Å². The van der Waals surface area contributed by atoms with E-state index in [2.05, 4.69) is 0 Å². The van der Waals surface area contributed by atoms with E-state index in [0.717, 1.165) is 12.7 Å². The molecule has 4 atom stereocenters. The number of hydrogen-bond donors (Lipinski definition) is 1. The van der Waals surface area contributed by atoms with Crippen LogP contribution in [0.15, 0.2) is 11.8 Å². The molecular weight excluding hydrogens is 234 g/mol. The van der Waals surface area contributed by atoms with Crippen molar-refractivity contribution >= 4 is 12.3 Å². The number of hydrogen-bond acceptors (Lipinski definition) is 5. The quantitative estimate of drug-likeness (QED) is 0.556. The number of aliphatic hydroxyl groups excluding tert-OH is 1. The first-order valence-corrected chi connectivity index (χ1v) is 6.34. The van der Waals surface area contributed by atoms with Crippen LogP contribution < -0.4 is 0 Å². The molecule has 98 valence electrons. The third-order valence-electron chi connectivity index (χ3n) is 4.80. The smallest absolute Gasteiger partial charge is 0.335 e. The lowest BCUT2D eigenvalue weighted by Gasteiger charge is -2.45. The van der Waals surface area contributed by atoms with Gasteiger partial charge >= 0.3 is 5.97 Å². The van der Waals surface area contributed by atoms with Crippen LogP contribution in [0.2, 0.25) is 0 Å². The lowest BCUT2D eigenvalue weighted by molar-refractivity contribution is -0.137. The summed E-state index contributed by atoms with van der Waals surface area (Å²) in [4.78, 5) is 25.3. The number of esters is 1. The zero-order valence-corrected chi connectivity index (χ0v) is 10.3. The average molecular weight is 251 g/mol. The van der Waals surface area contributed by atoms with Gasteiger partial charge in [0.1, 0.15) is 6.29 Å². The summed E-state index contributed by atoms with van der Waals surface area (Å²) < 4.78 is 4.80. The topological polar surface area (TPSA) is 66.8 Å². The summed E-state index contributed by atoms with van der Waals surface area (Å²) in [7, 11) is 1.37. The Bertz CT molecular complexity index is 433. The summed E-state index contributed by atoms with van der Waals surface area (Å²) in [5, 5.41) is 10.2. The molecule has 0 bridgehead atoms. The third kappa shape index (κ3) is 1.25. The minimum absolute atomic E-state index is 0.0256. The lowest BCUT2D eigenvalue weighted by atomic mass is 9.73. The Balaban J connectivity index is 1.99. The summed E-state index contributed by atoms with van der Waals surface area (Å²) in [5.74, 6) is -0.289. The standard InChI is InChI=1S/C13H17NO4/c1-18-12(17)9-6-14-5-3-10(16)13(7-15)4-2-8(9)11(13)14/h6-8,10-11,16H,2-5H2,1H3/t8-,10-,11+,13-/m1/s1. The molecule has 1 saturated heterocycles. The fourth-order valence-corrected chi connectivity index (χ4v) is 3.94. The van der Waals surface area contributed by atoms with E-state index in [9.17, 15) is 14.7 Å². The van der Waals surface area contributed by atoms with E-state index in [-0.39, 0.29) is 17.9 Å². The summed E-state index contributed by atoms with van der Waals surface area (Å²) in [6, 6.07) is -0.0622. The molecule has 0 unspecified atom stereocenters. The molecule has 0 spiro atoms. The zero-order chi connectivity index (χ0) is 12.9. The Hall–Kier alpha value is -1.36. The van der Waals surface area contributed by atoms with Gasteiger partial charge in [0.2, 0.25) is 0 Å². The van der Waals surface area contributed by atoms with Gasteiger partial charge in [-0.1, -0.05) is 0 Å². The van der Waals surface area contributed by atoms with Gasteiger partial charge in [-0.3, -0.25) is 0 Å². The molecule has 0 aromatic rings. The van der Waals surface area contributed by atoms with E-state index in [0.29, 0.717) is 25.0 Å². The summed E-state index contributed by atoms with van der Waals surface area (Å²) in [6.07, 6.45) is 4.13. The number of rotatable bonds is 2. The molecule has 5 nitrogen and oxygen atoms in total. The number of nitrogens with zero attached hydrogens (tertiary/aromatic N) is 1. The van der Waals surface area contributed by atoms with Crippen LogP contribution in [0, 0.1) is 11.3 Å². The normalized spacial score (nSPS) is 41.3. The minimum Gasteiger partial charge on any atom is -0.466 e. The Morgan fingerprint density at radius 3 is 3.06 bits per heavy atom. The number of aliphatic hydroxyl groups is 1. The second kappa shape index (κ2) is 3.82. The van der Waals surface area contributed by atoms with Crippen LogP contribution in [0.3, 0.4) is 0 Å². The van der Waals surface area contributed by atoms with E-state index < -0.39 is 11.5 Å². The summed E-state index contributed by atoms with van der Waals surface area (Å²) >= 11 is 0. The zero-order valence-electron chi connectivity index (χ0n) is 10.3. The second-order valence-corrected chi connectivity index (χ2v) is 5.44. The van der Waals surface area contributed by atoms with Crippen LogP contribution in [0.4, 0.5) is 0 Å². The van der Waals surface area contributed by atoms with Crippen LogP contribution in [0.25, 0.3) is 0 Å². The molecule has 3 aliphatic rings. The largest absolute Gasteiger partial charge is 0.466 e. The van der Waals surface area contributed by atoms with Crippen LogP contribution in [-0.4, -0.2) is 48.1 Å².